The summed E-state index contributed by atoms with van der Waals surface area (Å²) < 4.78 is 23.0. The molecule has 0 amide bonds. The number of rotatable bonds is 7. The molecular formula is C12H27NO4Si. The summed E-state index contributed by atoms with van der Waals surface area (Å²) in [5, 5.41) is 0. The van der Waals surface area contributed by atoms with Crippen LogP contribution >= 0.6 is 0 Å². The molecule has 5 nitrogen and oxygen atoms in total. The topological polar surface area (TPSA) is 62.9 Å². The van der Waals surface area contributed by atoms with Crippen LogP contribution in [0.5, 0.6) is 0 Å². The molecule has 18 heavy (non-hydrogen) atoms. The van der Waals surface area contributed by atoms with Crippen LogP contribution in [0, 0.1) is 0 Å². The second-order valence-electron chi connectivity index (χ2n) is 4.78. The van der Waals surface area contributed by atoms with Gasteiger partial charge in [0, 0.05) is 34.9 Å². The highest BCUT2D eigenvalue weighted by Gasteiger charge is 2.58. The van der Waals surface area contributed by atoms with E-state index in [0.717, 1.165) is 31.7 Å². The molecule has 1 unspecified atom stereocenters. The minimum Gasteiger partial charge on any atom is -0.397 e. The second-order valence-corrected chi connectivity index (χ2v) is 8.41. The lowest BCUT2D eigenvalue weighted by atomic mass is 10.0. The normalized spacial score (nSPS) is 26.2. The van der Waals surface area contributed by atoms with E-state index >= 15 is 0 Å². The zero-order valence-electron chi connectivity index (χ0n) is 12.0. The molecule has 1 fully saturated rings. The first-order valence-corrected chi connectivity index (χ1v) is 8.65. The number of ether oxygens (including phenoxy) is 2. The summed E-state index contributed by atoms with van der Waals surface area (Å²) in [6.45, 7) is 0.665. The van der Waals surface area contributed by atoms with E-state index in [1.165, 1.54) is 0 Å². The maximum atomic E-state index is 5.81. The van der Waals surface area contributed by atoms with Crippen molar-refractivity contribution in [3.05, 3.63) is 0 Å². The van der Waals surface area contributed by atoms with Gasteiger partial charge in [0.1, 0.15) is 0 Å². The molecule has 108 valence electrons. The molecule has 2 N–H and O–H groups in total. The molecule has 0 bridgehead atoms. The van der Waals surface area contributed by atoms with Gasteiger partial charge in [-0.2, -0.15) is 0 Å². The lowest BCUT2D eigenvalue weighted by Crippen LogP contribution is -2.59. The van der Waals surface area contributed by atoms with Crippen molar-refractivity contribution in [1.82, 2.24) is 0 Å². The van der Waals surface area contributed by atoms with E-state index in [1.54, 1.807) is 28.4 Å². The van der Waals surface area contributed by atoms with Gasteiger partial charge in [0.2, 0.25) is 0 Å². The van der Waals surface area contributed by atoms with Crippen LogP contribution in [0.1, 0.15) is 25.7 Å². The van der Waals surface area contributed by atoms with E-state index in [-0.39, 0.29) is 5.54 Å². The Bertz CT molecular complexity index is 224. The van der Waals surface area contributed by atoms with Crippen molar-refractivity contribution in [3.63, 3.8) is 0 Å². The van der Waals surface area contributed by atoms with Crippen LogP contribution in [0.2, 0.25) is 11.6 Å². The van der Waals surface area contributed by atoms with Gasteiger partial charge in [-0.25, -0.2) is 0 Å². The first-order valence-electron chi connectivity index (χ1n) is 6.55. The van der Waals surface area contributed by atoms with Crippen molar-refractivity contribution in [1.29, 1.82) is 0 Å². The standard InChI is InChI=1S/C12H27NO4Si/c1-14-12(15-2)8-6-10-18(16-3,17-4)11(12)7-5-9-13/h11H,5-10,13H2,1-4H3. The Kier molecular flexibility index (Phi) is 6.23. The smallest absolute Gasteiger partial charge is 0.346 e. The summed E-state index contributed by atoms with van der Waals surface area (Å²) in [4.78, 5) is 0. The summed E-state index contributed by atoms with van der Waals surface area (Å²) in [6, 6.07) is 0.990. The van der Waals surface area contributed by atoms with E-state index < -0.39 is 14.3 Å². The predicted octanol–water partition coefficient (Wildman–Crippen LogP) is 1.61. The van der Waals surface area contributed by atoms with Crippen molar-refractivity contribution in [2.45, 2.75) is 43.1 Å². The fraction of sp³-hybridized carbons (Fsp3) is 1.00. The first-order chi connectivity index (χ1) is 8.64. The summed E-state index contributed by atoms with van der Waals surface area (Å²) in [6.07, 6.45) is 3.75. The van der Waals surface area contributed by atoms with Crippen LogP contribution in [0.3, 0.4) is 0 Å². The van der Waals surface area contributed by atoms with Gasteiger partial charge in [0.25, 0.3) is 0 Å². The third kappa shape index (κ3) is 2.78. The molecule has 0 radical (unpaired) electrons. The Morgan fingerprint density at radius 1 is 1.17 bits per heavy atom. The number of hydrogen-bond acceptors (Lipinski definition) is 5. The van der Waals surface area contributed by atoms with Gasteiger partial charge in [-0.3, -0.25) is 0 Å². The highest BCUT2D eigenvalue weighted by atomic mass is 28.4. The van der Waals surface area contributed by atoms with Gasteiger partial charge in [-0.05, 0) is 31.9 Å². The third-order valence-corrected chi connectivity index (χ3v) is 8.41. The highest BCUT2D eigenvalue weighted by Crippen LogP contribution is 2.49. The molecule has 1 heterocycles. The van der Waals surface area contributed by atoms with Gasteiger partial charge >= 0.3 is 8.56 Å². The minimum absolute atomic E-state index is 0.160. The van der Waals surface area contributed by atoms with Crippen molar-refractivity contribution in [2.75, 3.05) is 35.0 Å². The summed E-state index contributed by atoms with van der Waals surface area (Å²) in [7, 11) is 4.61. The summed E-state index contributed by atoms with van der Waals surface area (Å²) in [5.41, 5.74) is 5.80. The minimum atomic E-state index is -2.28. The number of nitrogens with two attached hydrogens (primary N) is 1. The van der Waals surface area contributed by atoms with E-state index in [0.29, 0.717) is 6.54 Å². The van der Waals surface area contributed by atoms with Crippen LogP contribution in [0.15, 0.2) is 0 Å². The van der Waals surface area contributed by atoms with Gasteiger partial charge in [0.15, 0.2) is 5.79 Å². The van der Waals surface area contributed by atoms with E-state index in [2.05, 4.69) is 0 Å². The second kappa shape index (κ2) is 6.98. The molecule has 1 rings (SSSR count). The van der Waals surface area contributed by atoms with Crippen LogP contribution < -0.4 is 5.73 Å². The Morgan fingerprint density at radius 2 is 1.78 bits per heavy atom. The fourth-order valence-corrected chi connectivity index (χ4v) is 7.03. The van der Waals surface area contributed by atoms with Crippen molar-refractivity contribution < 1.29 is 18.3 Å². The molecule has 0 spiro atoms. The Hall–Kier alpha value is 0.0169. The van der Waals surface area contributed by atoms with E-state index in [9.17, 15) is 0 Å². The van der Waals surface area contributed by atoms with Crippen molar-refractivity contribution >= 4 is 8.56 Å². The zero-order valence-corrected chi connectivity index (χ0v) is 13.0. The van der Waals surface area contributed by atoms with Gasteiger partial charge in [-0.15, -0.1) is 0 Å². The fourth-order valence-electron chi connectivity index (χ4n) is 3.17. The number of methoxy groups -OCH3 is 2. The number of hydrogen-bond donors (Lipinski definition) is 1. The SMILES string of the molecule is COC1(OC)CCC[Si](OC)(OC)C1CCCN. The molecule has 1 aliphatic heterocycles. The molecule has 0 aromatic carbocycles. The lowest BCUT2D eigenvalue weighted by molar-refractivity contribution is -0.224. The highest BCUT2D eigenvalue weighted by molar-refractivity contribution is 6.69. The Balaban J connectivity index is 3.02. The average molecular weight is 277 g/mol. The summed E-state index contributed by atoms with van der Waals surface area (Å²) in [5.74, 6) is -0.578. The monoisotopic (exact) mass is 277 g/mol. The molecule has 1 saturated heterocycles. The van der Waals surface area contributed by atoms with Crippen LogP contribution in [0.25, 0.3) is 0 Å². The lowest BCUT2D eigenvalue weighted by Gasteiger charge is -2.49. The molecule has 0 aromatic heterocycles. The largest absolute Gasteiger partial charge is 0.397 e. The quantitative estimate of drug-likeness (QED) is 0.566. The van der Waals surface area contributed by atoms with E-state index in [1.807, 2.05) is 0 Å². The maximum Gasteiger partial charge on any atom is 0.346 e. The third-order valence-electron chi connectivity index (χ3n) is 4.19. The van der Waals surface area contributed by atoms with E-state index in [4.69, 9.17) is 24.1 Å². The van der Waals surface area contributed by atoms with Crippen LogP contribution in [0.4, 0.5) is 0 Å². The molecular weight excluding hydrogens is 250 g/mol. The Labute approximate surface area is 111 Å². The summed E-state index contributed by atoms with van der Waals surface area (Å²) >= 11 is 0. The molecule has 1 aliphatic rings. The predicted molar refractivity (Wildman–Crippen MR) is 72.6 cm³/mol. The van der Waals surface area contributed by atoms with Crippen LogP contribution in [-0.4, -0.2) is 49.3 Å². The maximum absolute atomic E-state index is 5.81. The van der Waals surface area contributed by atoms with Gasteiger partial charge in [0.05, 0.1) is 5.54 Å². The molecule has 0 saturated carbocycles. The molecule has 6 heteroatoms. The van der Waals surface area contributed by atoms with Crippen LogP contribution in [-0.2, 0) is 18.3 Å². The Morgan fingerprint density at radius 3 is 2.22 bits per heavy atom. The average Bonchev–Trinajstić information content (AvgIpc) is 2.44. The molecule has 1 atom stereocenters. The first kappa shape index (κ1) is 16.1. The van der Waals surface area contributed by atoms with Crippen molar-refractivity contribution in [3.8, 4) is 0 Å². The molecule has 0 aromatic rings. The molecule has 0 aliphatic carbocycles. The van der Waals surface area contributed by atoms with Gasteiger partial charge < -0.3 is 24.1 Å². The van der Waals surface area contributed by atoms with Gasteiger partial charge in [-0.1, -0.05) is 0 Å². The van der Waals surface area contributed by atoms with Crippen molar-refractivity contribution in [2.24, 2.45) is 5.73 Å². The zero-order chi connectivity index (χ0) is 13.6.